The molecule has 0 saturated carbocycles. The van der Waals surface area contributed by atoms with Gasteiger partial charge in [0.05, 0.1) is 16.8 Å². The second kappa shape index (κ2) is 6.16. The molecule has 0 spiro atoms. The van der Waals surface area contributed by atoms with Gasteiger partial charge in [-0.3, -0.25) is 4.79 Å². The van der Waals surface area contributed by atoms with Crippen molar-refractivity contribution in [3.05, 3.63) is 29.0 Å². The smallest absolute Gasteiger partial charge is 0.224 e. The van der Waals surface area contributed by atoms with Crippen molar-refractivity contribution >= 4 is 23.2 Å². The monoisotopic (exact) mass is 271 g/mol. The van der Waals surface area contributed by atoms with E-state index in [9.17, 15) is 9.18 Å². The zero-order valence-electron chi connectivity index (χ0n) is 9.92. The third-order valence-electron chi connectivity index (χ3n) is 2.92. The summed E-state index contributed by atoms with van der Waals surface area (Å²) in [6, 6.07) is 3.90. The van der Waals surface area contributed by atoms with E-state index < -0.39 is 5.82 Å². The van der Waals surface area contributed by atoms with Crippen molar-refractivity contribution in [2.24, 2.45) is 0 Å². The molecule has 1 aromatic carbocycles. The Morgan fingerprint density at radius 3 is 3.06 bits per heavy atom. The topological polar surface area (TPSA) is 38.3 Å². The van der Waals surface area contributed by atoms with Gasteiger partial charge < -0.3 is 10.1 Å². The summed E-state index contributed by atoms with van der Waals surface area (Å²) in [5.41, 5.74) is 0.440. The molecule has 1 aliphatic heterocycles. The Morgan fingerprint density at radius 1 is 1.56 bits per heavy atom. The van der Waals surface area contributed by atoms with Gasteiger partial charge in [-0.1, -0.05) is 11.6 Å². The van der Waals surface area contributed by atoms with Gasteiger partial charge in [0.15, 0.2) is 0 Å². The van der Waals surface area contributed by atoms with Crippen LogP contribution >= 0.6 is 11.6 Å². The standard InChI is InChI=1S/C13H15ClFNO2/c14-11-8-9(15)3-5-12(11)16-13(17)6-4-10-2-1-7-18-10/h3,5,8,10H,1-2,4,6-7H2,(H,16,17)/t10-/m0/s1. The number of amides is 1. The number of carbonyl (C=O) groups is 1. The first-order valence-corrected chi connectivity index (χ1v) is 6.39. The first kappa shape index (κ1) is 13.3. The van der Waals surface area contributed by atoms with Gasteiger partial charge in [0.1, 0.15) is 5.82 Å². The van der Waals surface area contributed by atoms with E-state index in [1.54, 1.807) is 0 Å². The van der Waals surface area contributed by atoms with Crippen molar-refractivity contribution in [3.63, 3.8) is 0 Å². The molecular formula is C13H15ClFNO2. The minimum absolute atomic E-state index is 0.126. The maximum atomic E-state index is 12.8. The summed E-state index contributed by atoms with van der Waals surface area (Å²) in [4.78, 5) is 11.7. The predicted molar refractivity (Wildman–Crippen MR) is 68.2 cm³/mol. The van der Waals surface area contributed by atoms with E-state index in [0.29, 0.717) is 18.5 Å². The fraction of sp³-hybridized carbons (Fsp3) is 0.462. The summed E-state index contributed by atoms with van der Waals surface area (Å²) in [5.74, 6) is -0.545. The Labute approximate surface area is 110 Å². The molecule has 1 heterocycles. The van der Waals surface area contributed by atoms with Gasteiger partial charge in [0.25, 0.3) is 0 Å². The lowest BCUT2D eigenvalue weighted by Gasteiger charge is -2.10. The molecule has 1 saturated heterocycles. The average molecular weight is 272 g/mol. The van der Waals surface area contributed by atoms with Crippen LogP contribution in [-0.4, -0.2) is 18.6 Å². The zero-order chi connectivity index (χ0) is 13.0. The van der Waals surface area contributed by atoms with Gasteiger partial charge in [-0.25, -0.2) is 4.39 Å². The van der Waals surface area contributed by atoms with Crippen LogP contribution in [0.25, 0.3) is 0 Å². The van der Waals surface area contributed by atoms with Crippen LogP contribution in [0.1, 0.15) is 25.7 Å². The second-order valence-electron chi connectivity index (χ2n) is 4.35. The third-order valence-corrected chi connectivity index (χ3v) is 3.24. The fourth-order valence-electron chi connectivity index (χ4n) is 1.97. The SMILES string of the molecule is O=C(CC[C@@H]1CCCO1)Nc1ccc(F)cc1Cl. The van der Waals surface area contributed by atoms with Gasteiger partial charge >= 0.3 is 0 Å². The number of hydrogen-bond acceptors (Lipinski definition) is 2. The summed E-state index contributed by atoms with van der Waals surface area (Å²) in [6.07, 6.45) is 3.38. The lowest BCUT2D eigenvalue weighted by molar-refractivity contribution is -0.116. The Hall–Kier alpha value is -1.13. The number of ether oxygens (including phenoxy) is 1. The quantitative estimate of drug-likeness (QED) is 0.912. The Bertz CT molecular complexity index is 433. The fourth-order valence-corrected chi connectivity index (χ4v) is 2.18. The van der Waals surface area contributed by atoms with Crippen molar-refractivity contribution in [1.82, 2.24) is 0 Å². The Balaban J connectivity index is 1.82. The normalized spacial score (nSPS) is 18.9. The highest BCUT2D eigenvalue weighted by atomic mass is 35.5. The zero-order valence-corrected chi connectivity index (χ0v) is 10.7. The van der Waals surface area contributed by atoms with Crippen LogP contribution in [0.15, 0.2) is 18.2 Å². The largest absolute Gasteiger partial charge is 0.378 e. The number of rotatable bonds is 4. The molecule has 0 aliphatic carbocycles. The number of halogens is 2. The third kappa shape index (κ3) is 3.68. The highest BCUT2D eigenvalue weighted by Gasteiger charge is 2.17. The molecule has 2 rings (SSSR count). The molecule has 98 valence electrons. The lowest BCUT2D eigenvalue weighted by Crippen LogP contribution is -2.15. The number of nitrogens with one attached hydrogen (secondary N) is 1. The molecule has 3 nitrogen and oxygen atoms in total. The molecule has 1 atom stereocenters. The highest BCUT2D eigenvalue weighted by Crippen LogP contribution is 2.23. The van der Waals surface area contributed by atoms with Gasteiger partial charge in [0.2, 0.25) is 5.91 Å². The predicted octanol–water partition coefficient (Wildman–Crippen LogP) is 3.38. The van der Waals surface area contributed by atoms with Crippen LogP contribution in [0.5, 0.6) is 0 Å². The van der Waals surface area contributed by atoms with Crippen LogP contribution in [-0.2, 0) is 9.53 Å². The van der Waals surface area contributed by atoms with Gasteiger partial charge in [-0.2, -0.15) is 0 Å². The van der Waals surface area contributed by atoms with Crippen LogP contribution < -0.4 is 5.32 Å². The van der Waals surface area contributed by atoms with E-state index >= 15 is 0 Å². The molecule has 0 aromatic heterocycles. The lowest BCUT2D eigenvalue weighted by atomic mass is 10.1. The summed E-state index contributed by atoms with van der Waals surface area (Å²) in [7, 11) is 0. The molecule has 0 unspecified atom stereocenters. The first-order chi connectivity index (χ1) is 8.65. The van der Waals surface area contributed by atoms with Gasteiger partial charge in [-0.15, -0.1) is 0 Å². The minimum Gasteiger partial charge on any atom is -0.378 e. The van der Waals surface area contributed by atoms with Crippen LogP contribution in [0, 0.1) is 5.82 Å². The molecule has 1 aliphatic rings. The van der Waals surface area contributed by atoms with Crippen molar-refractivity contribution in [2.45, 2.75) is 31.8 Å². The van der Waals surface area contributed by atoms with Crippen LogP contribution in [0.4, 0.5) is 10.1 Å². The number of carbonyl (C=O) groups excluding carboxylic acids is 1. The number of hydrogen-bond donors (Lipinski definition) is 1. The van der Waals surface area contributed by atoms with E-state index in [1.165, 1.54) is 18.2 Å². The molecule has 0 bridgehead atoms. The van der Waals surface area contributed by atoms with Crippen molar-refractivity contribution in [1.29, 1.82) is 0 Å². The van der Waals surface area contributed by atoms with E-state index in [4.69, 9.17) is 16.3 Å². The van der Waals surface area contributed by atoms with Crippen molar-refractivity contribution in [3.8, 4) is 0 Å². The highest BCUT2D eigenvalue weighted by molar-refractivity contribution is 6.33. The Morgan fingerprint density at radius 2 is 2.39 bits per heavy atom. The molecule has 1 fully saturated rings. The minimum atomic E-state index is -0.419. The van der Waals surface area contributed by atoms with Gasteiger partial charge in [0, 0.05) is 13.0 Å². The van der Waals surface area contributed by atoms with Crippen LogP contribution in [0.3, 0.4) is 0 Å². The summed E-state index contributed by atoms with van der Waals surface area (Å²) < 4.78 is 18.3. The van der Waals surface area contributed by atoms with E-state index in [1.807, 2.05) is 0 Å². The first-order valence-electron chi connectivity index (χ1n) is 6.01. The average Bonchev–Trinajstić information content (AvgIpc) is 2.83. The number of anilines is 1. The molecule has 18 heavy (non-hydrogen) atoms. The van der Waals surface area contributed by atoms with Crippen molar-refractivity contribution < 1.29 is 13.9 Å². The Kier molecular flexibility index (Phi) is 4.55. The van der Waals surface area contributed by atoms with E-state index in [2.05, 4.69) is 5.32 Å². The van der Waals surface area contributed by atoms with Gasteiger partial charge in [-0.05, 0) is 37.5 Å². The number of benzene rings is 1. The molecular weight excluding hydrogens is 257 g/mol. The van der Waals surface area contributed by atoms with Crippen molar-refractivity contribution in [2.75, 3.05) is 11.9 Å². The second-order valence-corrected chi connectivity index (χ2v) is 4.75. The molecule has 0 radical (unpaired) electrons. The summed E-state index contributed by atoms with van der Waals surface area (Å²) >= 11 is 5.82. The van der Waals surface area contributed by atoms with E-state index in [0.717, 1.165) is 19.4 Å². The summed E-state index contributed by atoms with van der Waals surface area (Å²) in [5, 5.41) is 2.88. The van der Waals surface area contributed by atoms with Crippen LogP contribution in [0.2, 0.25) is 5.02 Å². The molecule has 1 amide bonds. The summed E-state index contributed by atoms with van der Waals surface area (Å²) in [6.45, 7) is 0.788. The molecule has 1 aromatic rings. The van der Waals surface area contributed by atoms with E-state index in [-0.39, 0.29) is 17.0 Å². The molecule has 1 N–H and O–H groups in total. The molecule has 5 heteroatoms. The maximum Gasteiger partial charge on any atom is 0.224 e. The maximum absolute atomic E-state index is 12.8.